The second-order valence-corrected chi connectivity index (χ2v) is 4.87. The molecule has 0 bridgehead atoms. The number of benzene rings is 1. The van der Waals surface area contributed by atoms with Gasteiger partial charge in [0.25, 0.3) is 6.08 Å². The van der Waals surface area contributed by atoms with Crippen molar-refractivity contribution in [2.24, 2.45) is 0 Å². The van der Waals surface area contributed by atoms with Crippen LogP contribution in [0.15, 0.2) is 24.3 Å². The summed E-state index contributed by atoms with van der Waals surface area (Å²) in [7, 11) is 0. The third kappa shape index (κ3) is 2.82. The lowest BCUT2D eigenvalue weighted by Crippen LogP contribution is -2.23. The molecule has 0 aliphatic carbocycles. The van der Waals surface area contributed by atoms with Crippen molar-refractivity contribution in [3.05, 3.63) is 39.9 Å². The van der Waals surface area contributed by atoms with Gasteiger partial charge in [-0.3, -0.25) is 4.79 Å². The Labute approximate surface area is 113 Å². The van der Waals surface area contributed by atoms with E-state index in [-0.39, 0.29) is 24.7 Å². The normalized spacial score (nSPS) is 18.0. The van der Waals surface area contributed by atoms with Crippen LogP contribution in [0.25, 0.3) is 0 Å². The van der Waals surface area contributed by atoms with Gasteiger partial charge in [0.15, 0.2) is 0 Å². The summed E-state index contributed by atoms with van der Waals surface area (Å²) in [5.74, 6) is -0.559. The zero-order valence-corrected chi connectivity index (χ0v) is 10.7. The summed E-state index contributed by atoms with van der Waals surface area (Å²) in [5, 5.41) is 3.38. The van der Waals surface area contributed by atoms with Gasteiger partial charge in [-0.25, -0.2) is 0 Å². The Bertz CT molecular complexity index is 527. The standard InChI is InChI=1S/C12H9Cl2F2NO/c13-7-4-8-6(1-2-10(15)16)3-11(18)17-12(8)9(14)5-7/h2,4-6H,1,3H2,(H,17,18). The minimum Gasteiger partial charge on any atom is -0.325 e. The molecule has 1 unspecified atom stereocenters. The topological polar surface area (TPSA) is 29.1 Å². The quantitative estimate of drug-likeness (QED) is 0.848. The summed E-state index contributed by atoms with van der Waals surface area (Å²) in [4.78, 5) is 11.5. The highest BCUT2D eigenvalue weighted by Crippen LogP contribution is 2.41. The van der Waals surface area contributed by atoms with Gasteiger partial charge < -0.3 is 5.32 Å². The van der Waals surface area contributed by atoms with Gasteiger partial charge in [-0.15, -0.1) is 0 Å². The third-order valence-corrected chi connectivity index (χ3v) is 3.29. The highest BCUT2D eigenvalue weighted by atomic mass is 35.5. The van der Waals surface area contributed by atoms with Crippen molar-refractivity contribution >= 4 is 34.8 Å². The summed E-state index contributed by atoms with van der Waals surface area (Å²) in [6, 6.07) is 3.16. The fraction of sp³-hybridized carbons (Fsp3) is 0.250. The van der Waals surface area contributed by atoms with Crippen molar-refractivity contribution in [2.75, 3.05) is 5.32 Å². The van der Waals surface area contributed by atoms with E-state index in [1.54, 1.807) is 6.07 Å². The number of halogens is 4. The van der Waals surface area contributed by atoms with Crippen molar-refractivity contribution in [1.82, 2.24) is 0 Å². The first-order valence-corrected chi connectivity index (χ1v) is 6.03. The van der Waals surface area contributed by atoms with Crippen molar-refractivity contribution in [3.8, 4) is 0 Å². The Morgan fingerprint density at radius 3 is 2.83 bits per heavy atom. The molecule has 0 aromatic heterocycles. The van der Waals surface area contributed by atoms with Crippen molar-refractivity contribution in [1.29, 1.82) is 0 Å². The molecule has 0 radical (unpaired) electrons. The maximum Gasteiger partial charge on any atom is 0.266 e. The second kappa shape index (κ2) is 5.24. The van der Waals surface area contributed by atoms with Crippen LogP contribution in [-0.4, -0.2) is 5.91 Å². The van der Waals surface area contributed by atoms with E-state index in [2.05, 4.69) is 5.32 Å². The SMILES string of the molecule is O=C1CC(CC=C(F)F)c2cc(Cl)cc(Cl)c2N1. The first-order valence-electron chi connectivity index (χ1n) is 5.27. The lowest BCUT2D eigenvalue weighted by molar-refractivity contribution is -0.116. The first kappa shape index (κ1) is 13.3. The summed E-state index contributed by atoms with van der Waals surface area (Å²) in [6.07, 6.45) is -0.718. The fourth-order valence-electron chi connectivity index (χ4n) is 2.01. The Hall–Kier alpha value is -1.13. The number of nitrogens with one attached hydrogen (secondary N) is 1. The molecule has 1 aliphatic heterocycles. The van der Waals surface area contributed by atoms with E-state index in [1.165, 1.54) is 6.07 Å². The number of hydrogen-bond donors (Lipinski definition) is 1. The average molecular weight is 292 g/mol. The van der Waals surface area contributed by atoms with E-state index in [1.807, 2.05) is 0 Å². The highest BCUT2D eigenvalue weighted by Gasteiger charge is 2.26. The molecule has 1 atom stereocenters. The lowest BCUT2D eigenvalue weighted by atomic mass is 9.88. The molecule has 1 amide bonds. The molecule has 1 heterocycles. The summed E-state index contributed by atoms with van der Waals surface area (Å²) in [5.41, 5.74) is 1.17. The van der Waals surface area contributed by atoms with E-state index < -0.39 is 6.08 Å². The maximum atomic E-state index is 12.1. The Morgan fingerprint density at radius 2 is 2.17 bits per heavy atom. The van der Waals surface area contributed by atoms with Gasteiger partial charge in [-0.2, -0.15) is 8.78 Å². The van der Waals surface area contributed by atoms with Gasteiger partial charge in [0.1, 0.15) is 0 Å². The van der Waals surface area contributed by atoms with Gasteiger partial charge in [0.2, 0.25) is 5.91 Å². The van der Waals surface area contributed by atoms with E-state index in [4.69, 9.17) is 23.2 Å². The van der Waals surface area contributed by atoms with Crippen LogP contribution in [0.2, 0.25) is 10.0 Å². The van der Waals surface area contributed by atoms with E-state index in [0.717, 1.165) is 6.08 Å². The molecular weight excluding hydrogens is 283 g/mol. The monoisotopic (exact) mass is 291 g/mol. The first-order chi connectivity index (χ1) is 8.47. The maximum absolute atomic E-state index is 12.1. The molecule has 6 heteroatoms. The predicted molar refractivity (Wildman–Crippen MR) is 67.4 cm³/mol. The average Bonchev–Trinajstić information content (AvgIpc) is 2.27. The molecule has 1 aromatic carbocycles. The molecule has 0 spiro atoms. The van der Waals surface area contributed by atoms with Crippen LogP contribution in [0, 0.1) is 0 Å². The van der Waals surface area contributed by atoms with Crippen LogP contribution in [0.5, 0.6) is 0 Å². The number of hydrogen-bond acceptors (Lipinski definition) is 1. The van der Waals surface area contributed by atoms with Crippen LogP contribution < -0.4 is 5.32 Å². The van der Waals surface area contributed by atoms with Crippen LogP contribution in [-0.2, 0) is 4.79 Å². The summed E-state index contributed by atoms with van der Waals surface area (Å²) >= 11 is 11.9. The molecule has 96 valence electrons. The number of fused-ring (bicyclic) bond motifs is 1. The Balaban J connectivity index is 2.41. The largest absolute Gasteiger partial charge is 0.325 e. The van der Waals surface area contributed by atoms with Crippen LogP contribution in [0.4, 0.5) is 14.5 Å². The minimum absolute atomic E-state index is 0.0828. The molecule has 2 nitrogen and oxygen atoms in total. The highest BCUT2D eigenvalue weighted by molar-refractivity contribution is 6.37. The number of carbonyl (C=O) groups excluding carboxylic acids is 1. The van der Waals surface area contributed by atoms with Crippen LogP contribution in [0.3, 0.4) is 0 Å². The van der Waals surface area contributed by atoms with Crippen LogP contribution in [0.1, 0.15) is 24.3 Å². The van der Waals surface area contributed by atoms with Crippen molar-refractivity contribution in [3.63, 3.8) is 0 Å². The van der Waals surface area contributed by atoms with Crippen LogP contribution >= 0.6 is 23.2 Å². The number of carbonyl (C=O) groups is 1. The number of rotatable bonds is 2. The minimum atomic E-state index is -1.75. The van der Waals surface area contributed by atoms with E-state index >= 15 is 0 Å². The molecule has 1 aromatic rings. The molecule has 2 rings (SSSR count). The second-order valence-electron chi connectivity index (χ2n) is 4.03. The zero-order valence-electron chi connectivity index (χ0n) is 9.14. The number of amides is 1. The van der Waals surface area contributed by atoms with Gasteiger partial charge in [-0.05, 0) is 36.1 Å². The van der Waals surface area contributed by atoms with E-state index in [0.29, 0.717) is 21.3 Å². The van der Waals surface area contributed by atoms with Gasteiger partial charge >= 0.3 is 0 Å². The molecular formula is C12H9Cl2F2NO. The zero-order chi connectivity index (χ0) is 13.3. The summed E-state index contributed by atoms with van der Waals surface area (Å²) < 4.78 is 24.3. The molecule has 0 saturated heterocycles. The Morgan fingerprint density at radius 1 is 1.44 bits per heavy atom. The summed E-state index contributed by atoms with van der Waals surface area (Å²) in [6.45, 7) is 0. The van der Waals surface area contributed by atoms with Gasteiger partial charge in [0, 0.05) is 11.4 Å². The predicted octanol–water partition coefficient (Wildman–Crippen LogP) is 4.59. The van der Waals surface area contributed by atoms with Crippen molar-refractivity contribution < 1.29 is 13.6 Å². The third-order valence-electron chi connectivity index (χ3n) is 2.78. The Kier molecular flexibility index (Phi) is 3.88. The molecule has 1 N–H and O–H groups in total. The van der Waals surface area contributed by atoms with Gasteiger partial charge in [-0.1, -0.05) is 23.2 Å². The molecule has 0 saturated carbocycles. The van der Waals surface area contributed by atoms with Crippen molar-refractivity contribution in [2.45, 2.75) is 18.8 Å². The molecule has 18 heavy (non-hydrogen) atoms. The molecule has 0 fully saturated rings. The molecule has 1 aliphatic rings. The van der Waals surface area contributed by atoms with Gasteiger partial charge in [0.05, 0.1) is 10.7 Å². The smallest absolute Gasteiger partial charge is 0.266 e. The van der Waals surface area contributed by atoms with E-state index in [9.17, 15) is 13.6 Å². The number of anilines is 1. The lowest BCUT2D eigenvalue weighted by Gasteiger charge is -2.25. The fourth-order valence-corrected chi connectivity index (χ4v) is 2.57. The number of allylic oxidation sites excluding steroid dienone is 1.